The van der Waals surface area contributed by atoms with Gasteiger partial charge < -0.3 is 15.2 Å². The van der Waals surface area contributed by atoms with E-state index in [-0.39, 0.29) is 48.6 Å². The zero-order valence-electron chi connectivity index (χ0n) is 12.2. The molecular weight excluding hydrogens is 323 g/mol. The van der Waals surface area contributed by atoms with E-state index < -0.39 is 23.9 Å². The van der Waals surface area contributed by atoms with Crippen LogP contribution < -0.4 is 20.3 Å². The van der Waals surface area contributed by atoms with Crippen molar-refractivity contribution in [2.75, 3.05) is 22.9 Å². The maximum absolute atomic E-state index is 14.5. The number of rotatable bonds is 2. The Hall–Kier alpha value is -3.17. The first-order valence-electron chi connectivity index (χ1n) is 7.12. The van der Waals surface area contributed by atoms with Crippen LogP contribution in [0.3, 0.4) is 0 Å². The van der Waals surface area contributed by atoms with Gasteiger partial charge in [0, 0.05) is 25.1 Å². The molecule has 0 aromatic heterocycles. The number of hydrogen-bond acceptors (Lipinski definition) is 6. The van der Waals surface area contributed by atoms with Crippen LogP contribution in [0.4, 0.5) is 20.6 Å². The van der Waals surface area contributed by atoms with Crippen LogP contribution in [0.1, 0.15) is 6.42 Å². The normalized spacial score (nSPS) is 21.9. The second-order valence-corrected chi connectivity index (χ2v) is 5.45. The molecule has 0 spiro atoms. The predicted octanol–water partition coefficient (Wildman–Crippen LogP) is 0.121. The Morgan fingerprint density at radius 2 is 2.12 bits per heavy atom. The number of halogens is 1. The summed E-state index contributed by atoms with van der Waals surface area (Å²) in [5.74, 6) is -1.64. The highest BCUT2D eigenvalue weighted by Crippen LogP contribution is 2.42. The number of anilines is 2. The Balaban J connectivity index is 1.70. The van der Waals surface area contributed by atoms with E-state index >= 15 is 0 Å². The molecule has 24 heavy (non-hydrogen) atoms. The predicted molar refractivity (Wildman–Crippen MR) is 78.2 cm³/mol. The van der Waals surface area contributed by atoms with E-state index in [0.29, 0.717) is 0 Å². The van der Waals surface area contributed by atoms with Gasteiger partial charge in [0.1, 0.15) is 5.69 Å². The summed E-state index contributed by atoms with van der Waals surface area (Å²) in [6, 6.07) is 2.57. The average molecular weight is 334 g/mol. The summed E-state index contributed by atoms with van der Waals surface area (Å²) in [5.41, 5.74) is 5.43. The molecule has 0 bridgehead atoms. The molecular formula is C14H11FN4O5. The molecule has 0 unspecified atom stereocenters. The molecule has 0 saturated carbocycles. The van der Waals surface area contributed by atoms with Gasteiger partial charge in [0.15, 0.2) is 17.7 Å². The standard InChI is InChI=1S/C14H11FN4O5/c15-7-3-6(19-5-9(12(16)21)24-14(19)22)4-8-11(7)18-2-1-10(20)17-13(18)23-8/h3-4,9H,1-2,5H2,(H2,16,21)/t9-/m1/s1. The summed E-state index contributed by atoms with van der Waals surface area (Å²) in [6.07, 6.45) is -1.74. The number of benzene rings is 1. The molecule has 3 aliphatic rings. The van der Waals surface area contributed by atoms with Crippen LogP contribution in [0.15, 0.2) is 17.1 Å². The van der Waals surface area contributed by atoms with Gasteiger partial charge >= 0.3 is 12.1 Å². The summed E-state index contributed by atoms with van der Waals surface area (Å²) in [6.45, 7) is 0.145. The SMILES string of the molecule is NC(=O)[C@H]1CN(c2cc(F)c3c(c2)OC2=NC(=O)CCN23)C(=O)O1. The van der Waals surface area contributed by atoms with Crippen LogP contribution in [-0.2, 0) is 14.3 Å². The van der Waals surface area contributed by atoms with Crippen molar-refractivity contribution in [1.82, 2.24) is 0 Å². The lowest BCUT2D eigenvalue weighted by atomic mass is 10.2. The number of nitrogens with two attached hydrogens (primary N) is 1. The number of hydrogen-bond donors (Lipinski definition) is 1. The Kier molecular flexibility index (Phi) is 2.95. The lowest BCUT2D eigenvalue weighted by molar-refractivity contribution is -0.124. The number of aliphatic imine (C=N–C) groups is 1. The number of nitrogens with zero attached hydrogens (tertiary/aromatic N) is 3. The van der Waals surface area contributed by atoms with Crippen LogP contribution in [0, 0.1) is 5.82 Å². The van der Waals surface area contributed by atoms with Crippen molar-refractivity contribution in [2.45, 2.75) is 12.5 Å². The lowest BCUT2D eigenvalue weighted by Crippen LogP contribution is -2.36. The van der Waals surface area contributed by atoms with Crippen molar-refractivity contribution in [2.24, 2.45) is 10.7 Å². The van der Waals surface area contributed by atoms with E-state index in [9.17, 15) is 18.8 Å². The molecule has 2 N–H and O–H groups in total. The summed E-state index contributed by atoms with van der Waals surface area (Å²) in [5, 5.41) is 0. The topological polar surface area (TPSA) is 115 Å². The largest absolute Gasteiger partial charge is 0.434 e. The highest BCUT2D eigenvalue weighted by atomic mass is 19.1. The molecule has 124 valence electrons. The molecule has 10 heteroatoms. The van der Waals surface area contributed by atoms with Gasteiger partial charge in [-0.15, -0.1) is 0 Å². The van der Waals surface area contributed by atoms with Crippen molar-refractivity contribution in [1.29, 1.82) is 0 Å². The van der Waals surface area contributed by atoms with E-state index in [4.69, 9.17) is 15.2 Å². The second kappa shape index (κ2) is 4.91. The molecule has 1 aromatic rings. The number of carbonyl (C=O) groups excluding carboxylic acids is 3. The maximum atomic E-state index is 14.5. The van der Waals surface area contributed by atoms with E-state index in [2.05, 4.69) is 4.99 Å². The fourth-order valence-corrected chi connectivity index (χ4v) is 2.79. The number of carbonyl (C=O) groups is 3. The minimum atomic E-state index is -1.09. The van der Waals surface area contributed by atoms with Gasteiger partial charge in [-0.3, -0.25) is 19.4 Å². The molecule has 1 saturated heterocycles. The Morgan fingerprint density at radius 1 is 1.33 bits per heavy atom. The van der Waals surface area contributed by atoms with Crippen molar-refractivity contribution in [3.05, 3.63) is 17.9 Å². The van der Waals surface area contributed by atoms with E-state index in [0.717, 1.165) is 11.0 Å². The number of amides is 3. The summed E-state index contributed by atoms with van der Waals surface area (Å²) >= 11 is 0. The monoisotopic (exact) mass is 334 g/mol. The third kappa shape index (κ3) is 2.07. The lowest BCUT2D eigenvalue weighted by Gasteiger charge is -2.20. The zero-order chi connectivity index (χ0) is 17.0. The molecule has 3 amide bonds. The summed E-state index contributed by atoms with van der Waals surface area (Å²) in [4.78, 5) is 40.6. The number of fused-ring (bicyclic) bond motifs is 3. The van der Waals surface area contributed by atoms with Gasteiger partial charge in [-0.1, -0.05) is 0 Å². The zero-order valence-corrected chi connectivity index (χ0v) is 12.2. The first-order valence-corrected chi connectivity index (χ1v) is 7.12. The van der Waals surface area contributed by atoms with Gasteiger partial charge in [0.2, 0.25) is 0 Å². The Labute approximate surface area is 134 Å². The molecule has 1 fully saturated rings. The van der Waals surface area contributed by atoms with Gasteiger partial charge in [-0.2, -0.15) is 4.99 Å². The summed E-state index contributed by atoms with van der Waals surface area (Å²) < 4.78 is 24.8. The second-order valence-electron chi connectivity index (χ2n) is 5.45. The van der Waals surface area contributed by atoms with Gasteiger partial charge in [0.25, 0.3) is 11.8 Å². The molecule has 0 radical (unpaired) electrons. The molecule has 3 heterocycles. The quantitative estimate of drug-likeness (QED) is 0.821. The Morgan fingerprint density at radius 3 is 2.83 bits per heavy atom. The van der Waals surface area contributed by atoms with E-state index in [1.807, 2.05) is 0 Å². The molecule has 1 aromatic carbocycles. The number of ether oxygens (including phenoxy) is 2. The van der Waals surface area contributed by atoms with Gasteiger partial charge in [-0.25, -0.2) is 9.18 Å². The fraction of sp³-hybridized carbons (Fsp3) is 0.286. The van der Waals surface area contributed by atoms with Crippen LogP contribution in [0.25, 0.3) is 0 Å². The van der Waals surface area contributed by atoms with Crippen molar-refractivity contribution >= 4 is 35.3 Å². The van der Waals surface area contributed by atoms with Crippen molar-refractivity contribution < 1.29 is 28.2 Å². The van der Waals surface area contributed by atoms with E-state index in [1.165, 1.54) is 11.0 Å². The molecule has 4 rings (SSSR count). The molecule has 0 aliphatic carbocycles. The van der Waals surface area contributed by atoms with Crippen molar-refractivity contribution in [3.8, 4) is 5.75 Å². The highest BCUT2D eigenvalue weighted by Gasteiger charge is 2.39. The third-order valence-electron chi connectivity index (χ3n) is 3.93. The molecule has 1 atom stereocenters. The molecule has 9 nitrogen and oxygen atoms in total. The average Bonchev–Trinajstić information content (AvgIpc) is 3.07. The van der Waals surface area contributed by atoms with Gasteiger partial charge in [0.05, 0.1) is 12.2 Å². The summed E-state index contributed by atoms with van der Waals surface area (Å²) in [7, 11) is 0. The minimum absolute atomic E-state index is 0.0105. The van der Waals surface area contributed by atoms with Gasteiger partial charge in [-0.05, 0) is 0 Å². The third-order valence-corrected chi connectivity index (χ3v) is 3.93. The molecule has 3 aliphatic heterocycles. The number of amidine groups is 1. The Bertz CT molecular complexity index is 824. The minimum Gasteiger partial charge on any atom is -0.434 e. The number of cyclic esters (lactones) is 1. The van der Waals surface area contributed by atoms with Crippen molar-refractivity contribution in [3.63, 3.8) is 0 Å². The van der Waals surface area contributed by atoms with Crippen LogP contribution in [0.5, 0.6) is 5.75 Å². The smallest absolute Gasteiger partial charge is 0.415 e. The highest BCUT2D eigenvalue weighted by molar-refractivity contribution is 6.08. The maximum Gasteiger partial charge on any atom is 0.415 e. The van der Waals surface area contributed by atoms with Crippen LogP contribution >= 0.6 is 0 Å². The number of primary amides is 1. The van der Waals surface area contributed by atoms with Crippen LogP contribution in [0.2, 0.25) is 0 Å². The first kappa shape index (κ1) is 14.4. The van der Waals surface area contributed by atoms with E-state index in [1.54, 1.807) is 0 Å². The fourth-order valence-electron chi connectivity index (χ4n) is 2.79. The van der Waals surface area contributed by atoms with Crippen LogP contribution in [-0.4, -0.2) is 43.1 Å². The first-order chi connectivity index (χ1) is 11.4.